The van der Waals surface area contributed by atoms with Gasteiger partial charge >= 0.3 is 0 Å². The summed E-state index contributed by atoms with van der Waals surface area (Å²) in [5.74, 6) is -0.875. The van der Waals surface area contributed by atoms with Crippen LogP contribution in [0.4, 0.5) is 0 Å². The summed E-state index contributed by atoms with van der Waals surface area (Å²) >= 11 is 13.7. The average Bonchev–Trinajstić information content (AvgIpc) is 2.76. The molecule has 2 N–H and O–H groups in total. The number of amides is 2. The summed E-state index contributed by atoms with van der Waals surface area (Å²) in [6.07, 6.45) is 0. The number of hydrogen-bond acceptors (Lipinski definition) is 3. The van der Waals surface area contributed by atoms with Crippen LogP contribution in [0.15, 0.2) is 38.6 Å². The van der Waals surface area contributed by atoms with E-state index in [-0.39, 0.29) is 0 Å². The number of hydrogen-bond donors (Lipinski definition) is 2. The summed E-state index contributed by atoms with van der Waals surface area (Å²) in [6.45, 7) is 0. The molecular weight excluding hydrogens is 431 g/mol. The van der Waals surface area contributed by atoms with Gasteiger partial charge in [0, 0.05) is 4.47 Å². The van der Waals surface area contributed by atoms with E-state index in [0.29, 0.717) is 15.5 Å². The fraction of sp³-hybridized carbons (Fsp3) is 0. The highest BCUT2D eigenvalue weighted by molar-refractivity contribution is 9.13. The van der Waals surface area contributed by atoms with Gasteiger partial charge in [0.1, 0.15) is 0 Å². The molecule has 0 saturated heterocycles. The minimum Gasteiger partial charge on any atom is -0.267 e. The Morgan fingerprint density at radius 2 is 1.75 bits per heavy atom. The molecule has 4 nitrogen and oxygen atoms in total. The first-order chi connectivity index (χ1) is 9.49. The molecule has 104 valence electrons. The normalized spacial score (nSPS) is 10.2. The Kier molecular flexibility index (Phi) is 5.20. The van der Waals surface area contributed by atoms with Crippen LogP contribution >= 0.6 is 54.8 Å². The van der Waals surface area contributed by atoms with Crippen LogP contribution in [0.5, 0.6) is 0 Å². The van der Waals surface area contributed by atoms with E-state index in [1.54, 1.807) is 30.3 Å². The van der Waals surface area contributed by atoms with Crippen molar-refractivity contribution in [2.24, 2.45) is 0 Å². The van der Waals surface area contributed by atoms with E-state index < -0.39 is 11.8 Å². The standard InChI is InChI=1S/C12H7Br2ClN2O2S/c13-7-5-9(20-10(7)14)12(19)17-16-11(18)6-3-1-2-4-8(6)15/h1-5H,(H,16,18)(H,17,19). The Bertz CT molecular complexity index is 656. The zero-order valence-corrected chi connectivity index (χ0v) is 14.5. The number of rotatable bonds is 2. The quantitative estimate of drug-likeness (QED) is 0.697. The SMILES string of the molecule is O=C(NNC(=O)c1ccccc1Cl)c1cc(Br)c(Br)s1. The van der Waals surface area contributed by atoms with Gasteiger partial charge in [-0.1, -0.05) is 23.7 Å². The maximum atomic E-state index is 11.8. The Balaban J connectivity index is 2.00. The Labute approximate surface area is 140 Å². The molecule has 8 heteroatoms. The van der Waals surface area contributed by atoms with Crippen molar-refractivity contribution in [3.63, 3.8) is 0 Å². The molecule has 20 heavy (non-hydrogen) atoms. The van der Waals surface area contributed by atoms with Crippen molar-refractivity contribution >= 4 is 66.6 Å². The molecule has 0 aliphatic heterocycles. The smallest absolute Gasteiger partial charge is 0.267 e. The largest absolute Gasteiger partial charge is 0.279 e. The molecule has 0 aliphatic carbocycles. The van der Waals surface area contributed by atoms with Gasteiger partial charge in [-0.15, -0.1) is 11.3 Å². The van der Waals surface area contributed by atoms with Crippen LogP contribution in [-0.4, -0.2) is 11.8 Å². The number of thiophene rings is 1. The van der Waals surface area contributed by atoms with Crippen molar-refractivity contribution in [2.75, 3.05) is 0 Å². The van der Waals surface area contributed by atoms with Gasteiger partial charge in [-0.25, -0.2) is 0 Å². The fourth-order valence-corrected chi connectivity index (χ4v) is 3.50. The maximum Gasteiger partial charge on any atom is 0.279 e. The molecule has 2 aromatic rings. The van der Waals surface area contributed by atoms with Gasteiger partial charge in [0.05, 0.1) is 19.2 Å². The van der Waals surface area contributed by atoms with E-state index in [4.69, 9.17) is 11.6 Å². The molecule has 2 amide bonds. The minimum absolute atomic E-state index is 0.294. The van der Waals surface area contributed by atoms with Crippen molar-refractivity contribution in [1.29, 1.82) is 0 Å². The highest BCUT2D eigenvalue weighted by Gasteiger charge is 2.14. The second-order valence-electron chi connectivity index (χ2n) is 3.62. The average molecular weight is 439 g/mol. The van der Waals surface area contributed by atoms with Crippen molar-refractivity contribution in [2.45, 2.75) is 0 Å². The van der Waals surface area contributed by atoms with Crippen LogP contribution in [0.2, 0.25) is 5.02 Å². The Morgan fingerprint density at radius 3 is 2.35 bits per heavy atom. The molecule has 0 bridgehead atoms. The lowest BCUT2D eigenvalue weighted by Gasteiger charge is -2.07. The van der Waals surface area contributed by atoms with Gasteiger partial charge in [0.25, 0.3) is 11.8 Å². The fourth-order valence-electron chi connectivity index (χ4n) is 1.35. The molecule has 0 spiro atoms. The molecule has 0 radical (unpaired) electrons. The monoisotopic (exact) mass is 436 g/mol. The molecule has 2 rings (SSSR count). The maximum absolute atomic E-state index is 11.8. The summed E-state index contributed by atoms with van der Waals surface area (Å²) in [5.41, 5.74) is 4.95. The predicted molar refractivity (Wildman–Crippen MR) is 86.1 cm³/mol. The Hall–Kier alpha value is -0.890. The van der Waals surface area contributed by atoms with E-state index >= 15 is 0 Å². The van der Waals surface area contributed by atoms with E-state index in [2.05, 4.69) is 42.7 Å². The first-order valence-corrected chi connectivity index (χ1v) is 8.07. The Morgan fingerprint density at radius 1 is 1.10 bits per heavy atom. The van der Waals surface area contributed by atoms with Gasteiger partial charge in [-0.05, 0) is 50.1 Å². The molecule has 0 unspecified atom stereocenters. The van der Waals surface area contributed by atoms with Crippen LogP contribution < -0.4 is 10.9 Å². The lowest BCUT2D eigenvalue weighted by Crippen LogP contribution is -2.41. The lowest BCUT2D eigenvalue weighted by atomic mass is 10.2. The summed E-state index contributed by atoms with van der Waals surface area (Å²) in [4.78, 5) is 24.2. The van der Waals surface area contributed by atoms with Crippen molar-refractivity contribution in [3.05, 3.63) is 54.1 Å². The van der Waals surface area contributed by atoms with Crippen LogP contribution in [0.1, 0.15) is 20.0 Å². The van der Waals surface area contributed by atoms with E-state index in [0.717, 1.165) is 8.26 Å². The highest BCUT2D eigenvalue weighted by Crippen LogP contribution is 2.32. The third-order valence-electron chi connectivity index (χ3n) is 2.28. The highest BCUT2D eigenvalue weighted by atomic mass is 79.9. The summed E-state index contributed by atoms with van der Waals surface area (Å²) in [6, 6.07) is 8.24. The number of carbonyl (C=O) groups is 2. The third kappa shape index (κ3) is 3.60. The molecular formula is C12H7Br2ClN2O2S. The number of carbonyl (C=O) groups excluding carboxylic acids is 2. The molecule has 0 aliphatic rings. The zero-order valence-electron chi connectivity index (χ0n) is 9.75. The lowest BCUT2D eigenvalue weighted by molar-refractivity contribution is 0.0849. The number of hydrazine groups is 1. The van der Waals surface area contributed by atoms with Crippen LogP contribution in [0.25, 0.3) is 0 Å². The van der Waals surface area contributed by atoms with Crippen molar-refractivity contribution in [1.82, 2.24) is 10.9 Å². The zero-order chi connectivity index (χ0) is 14.7. The second kappa shape index (κ2) is 6.71. The minimum atomic E-state index is -0.473. The van der Waals surface area contributed by atoms with E-state index in [9.17, 15) is 9.59 Å². The van der Waals surface area contributed by atoms with E-state index in [1.165, 1.54) is 11.3 Å². The van der Waals surface area contributed by atoms with Gasteiger partial charge in [0.2, 0.25) is 0 Å². The third-order valence-corrected chi connectivity index (χ3v) is 5.86. The summed E-state index contributed by atoms with van der Waals surface area (Å²) < 4.78 is 1.59. The van der Waals surface area contributed by atoms with Crippen LogP contribution in [0.3, 0.4) is 0 Å². The number of nitrogens with one attached hydrogen (secondary N) is 2. The first kappa shape index (κ1) is 15.5. The molecule has 0 fully saturated rings. The predicted octanol–water partition coefficient (Wildman–Crippen LogP) is 4.00. The van der Waals surface area contributed by atoms with Crippen LogP contribution in [0, 0.1) is 0 Å². The first-order valence-electron chi connectivity index (χ1n) is 5.29. The summed E-state index contributed by atoms with van der Waals surface area (Å²) in [5, 5.41) is 0.320. The van der Waals surface area contributed by atoms with Crippen molar-refractivity contribution in [3.8, 4) is 0 Å². The second-order valence-corrected chi connectivity index (χ2v) is 7.25. The van der Waals surface area contributed by atoms with E-state index in [1.807, 2.05) is 0 Å². The number of benzene rings is 1. The van der Waals surface area contributed by atoms with Crippen molar-refractivity contribution < 1.29 is 9.59 Å². The summed E-state index contributed by atoms with van der Waals surface area (Å²) in [7, 11) is 0. The van der Waals surface area contributed by atoms with Gasteiger partial charge < -0.3 is 0 Å². The van der Waals surface area contributed by atoms with Gasteiger partial charge in [-0.2, -0.15) is 0 Å². The molecule has 1 aromatic heterocycles. The molecule has 0 saturated carbocycles. The molecule has 1 heterocycles. The number of halogens is 3. The van der Waals surface area contributed by atoms with Gasteiger partial charge in [-0.3, -0.25) is 20.4 Å². The molecule has 1 aromatic carbocycles. The topological polar surface area (TPSA) is 58.2 Å². The van der Waals surface area contributed by atoms with Gasteiger partial charge in [0.15, 0.2) is 0 Å². The molecule has 0 atom stereocenters. The van der Waals surface area contributed by atoms with Crippen LogP contribution in [-0.2, 0) is 0 Å².